The van der Waals surface area contributed by atoms with Gasteiger partial charge in [0.1, 0.15) is 0 Å². The van der Waals surface area contributed by atoms with Crippen molar-refractivity contribution in [1.82, 2.24) is 15.5 Å². The van der Waals surface area contributed by atoms with Gasteiger partial charge < -0.3 is 20.3 Å². The summed E-state index contributed by atoms with van der Waals surface area (Å²) in [5, 5.41) is 6.01. The summed E-state index contributed by atoms with van der Waals surface area (Å²) in [6, 6.07) is 16.8. The third kappa shape index (κ3) is 5.52. The van der Waals surface area contributed by atoms with Crippen LogP contribution in [0.2, 0.25) is 0 Å². The molecule has 2 heterocycles. The summed E-state index contributed by atoms with van der Waals surface area (Å²) in [4.78, 5) is 17.1. The molecule has 160 valence electrons. The standard InChI is InChI=1S/C24H32N4O2/c29-24(25-11-5-12-28-13-10-20-6-3-4-9-23(20)28)26-18-21-7-1-2-8-22(21)19-27-14-16-30-17-15-27/h1-4,6-9H,5,10-19H2,(H2,25,26,29). The smallest absolute Gasteiger partial charge is 0.315 e. The van der Waals surface area contributed by atoms with E-state index in [0.717, 1.165) is 58.8 Å². The fourth-order valence-electron chi connectivity index (χ4n) is 4.23. The number of ether oxygens (including phenoxy) is 1. The molecule has 2 aliphatic heterocycles. The van der Waals surface area contributed by atoms with Gasteiger partial charge in [-0.1, -0.05) is 42.5 Å². The van der Waals surface area contributed by atoms with Gasteiger partial charge in [-0.05, 0) is 35.6 Å². The summed E-state index contributed by atoms with van der Waals surface area (Å²) in [6.45, 7) is 7.70. The second kappa shape index (κ2) is 10.5. The van der Waals surface area contributed by atoms with Crippen LogP contribution in [0.15, 0.2) is 48.5 Å². The van der Waals surface area contributed by atoms with Gasteiger partial charge in [0.05, 0.1) is 13.2 Å². The summed E-state index contributed by atoms with van der Waals surface area (Å²) in [5.41, 5.74) is 5.22. The van der Waals surface area contributed by atoms with Crippen molar-refractivity contribution >= 4 is 11.7 Å². The van der Waals surface area contributed by atoms with Crippen LogP contribution in [0.4, 0.5) is 10.5 Å². The van der Waals surface area contributed by atoms with E-state index in [9.17, 15) is 4.79 Å². The van der Waals surface area contributed by atoms with E-state index in [0.29, 0.717) is 13.1 Å². The zero-order chi connectivity index (χ0) is 20.6. The Morgan fingerprint density at radius 1 is 0.933 bits per heavy atom. The molecule has 2 aliphatic rings. The van der Waals surface area contributed by atoms with E-state index < -0.39 is 0 Å². The van der Waals surface area contributed by atoms with Crippen LogP contribution in [-0.2, 0) is 24.2 Å². The van der Waals surface area contributed by atoms with E-state index in [1.165, 1.54) is 22.4 Å². The highest BCUT2D eigenvalue weighted by Crippen LogP contribution is 2.27. The van der Waals surface area contributed by atoms with Crippen LogP contribution >= 0.6 is 0 Å². The largest absolute Gasteiger partial charge is 0.379 e. The molecule has 2 N–H and O–H groups in total. The molecule has 4 rings (SSSR count). The van der Waals surface area contributed by atoms with Gasteiger partial charge in [0, 0.05) is 51.5 Å². The van der Waals surface area contributed by atoms with E-state index in [1.54, 1.807) is 0 Å². The Morgan fingerprint density at radius 2 is 1.70 bits per heavy atom. The molecule has 6 nitrogen and oxygen atoms in total. The van der Waals surface area contributed by atoms with Crippen molar-refractivity contribution in [3.05, 3.63) is 65.2 Å². The molecule has 30 heavy (non-hydrogen) atoms. The Balaban J connectivity index is 1.17. The molecule has 2 aromatic carbocycles. The fraction of sp³-hybridized carbons (Fsp3) is 0.458. The van der Waals surface area contributed by atoms with Crippen LogP contribution < -0.4 is 15.5 Å². The molecule has 6 heteroatoms. The van der Waals surface area contributed by atoms with Crippen molar-refractivity contribution in [2.24, 2.45) is 0 Å². The molecule has 0 spiro atoms. The van der Waals surface area contributed by atoms with Gasteiger partial charge in [-0.25, -0.2) is 4.79 Å². The number of nitrogens with one attached hydrogen (secondary N) is 2. The number of benzene rings is 2. The molecular formula is C24H32N4O2. The number of amides is 2. The molecule has 0 bridgehead atoms. The zero-order valence-electron chi connectivity index (χ0n) is 17.6. The Hall–Kier alpha value is -2.57. The van der Waals surface area contributed by atoms with Gasteiger partial charge in [-0.2, -0.15) is 0 Å². The van der Waals surface area contributed by atoms with Crippen molar-refractivity contribution < 1.29 is 9.53 Å². The molecule has 2 amide bonds. The van der Waals surface area contributed by atoms with Gasteiger partial charge >= 0.3 is 6.03 Å². The number of carbonyl (C=O) groups excluding carboxylic acids is 1. The molecule has 0 atom stereocenters. The first-order valence-corrected chi connectivity index (χ1v) is 11.0. The van der Waals surface area contributed by atoms with Crippen molar-refractivity contribution in [3.8, 4) is 0 Å². The zero-order valence-corrected chi connectivity index (χ0v) is 17.6. The molecule has 0 aliphatic carbocycles. The summed E-state index contributed by atoms with van der Waals surface area (Å²) >= 11 is 0. The Labute approximate surface area is 179 Å². The summed E-state index contributed by atoms with van der Waals surface area (Å²) in [5.74, 6) is 0. The second-order valence-corrected chi connectivity index (χ2v) is 7.99. The quantitative estimate of drug-likeness (QED) is 0.660. The number of hydrogen-bond acceptors (Lipinski definition) is 4. The van der Waals surface area contributed by atoms with Crippen LogP contribution in [0.25, 0.3) is 0 Å². The third-order valence-electron chi connectivity index (χ3n) is 5.93. The Bertz CT molecular complexity index is 835. The third-order valence-corrected chi connectivity index (χ3v) is 5.93. The minimum absolute atomic E-state index is 0.0991. The van der Waals surface area contributed by atoms with E-state index in [4.69, 9.17) is 4.74 Å². The van der Waals surface area contributed by atoms with Crippen molar-refractivity contribution in [2.45, 2.75) is 25.9 Å². The van der Waals surface area contributed by atoms with Crippen LogP contribution in [0, 0.1) is 0 Å². The summed E-state index contributed by atoms with van der Waals surface area (Å²) < 4.78 is 5.43. The number of carbonyl (C=O) groups is 1. The van der Waals surface area contributed by atoms with Gasteiger partial charge in [0.2, 0.25) is 0 Å². The maximum absolute atomic E-state index is 12.2. The van der Waals surface area contributed by atoms with Gasteiger partial charge in [-0.15, -0.1) is 0 Å². The lowest BCUT2D eigenvalue weighted by atomic mass is 10.1. The predicted molar refractivity (Wildman–Crippen MR) is 120 cm³/mol. The normalized spacial score (nSPS) is 16.3. The maximum Gasteiger partial charge on any atom is 0.315 e. The lowest BCUT2D eigenvalue weighted by Gasteiger charge is -2.27. The highest BCUT2D eigenvalue weighted by molar-refractivity contribution is 5.73. The average molecular weight is 409 g/mol. The van der Waals surface area contributed by atoms with E-state index in [-0.39, 0.29) is 6.03 Å². The lowest BCUT2D eigenvalue weighted by molar-refractivity contribution is 0.0341. The molecular weight excluding hydrogens is 376 g/mol. The molecule has 0 saturated carbocycles. The predicted octanol–water partition coefficient (Wildman–Crippen LogP) is 2.77. The molecule has 0 aromatic heterocycles. The topological polar surface area (TPSA) is 56.8 Å². The number of nitrogens with zero attached hydrogens (tertiary/aromatic N) is 2. The van der Waals surface area contributed by atoms with E-state index in [2.05, 4.69) is 62.9 Å². The number of urea groups is 1. The number of para-hydroxylation sites is 1. The van der Waals surface area contributed by atoms with Crippen LogP contribution in [0.5, 0.6) is 0 Å². The first kappa shape index (κ1) is 20.7. The van der Waals surface area contributed by atoms with E-state index in [1.807, 2.05) is 6.07 Å². The van der Waals surface area contributed by atoms with Crippen LogP contribution in [0.3, 0.4) is 0 Å². The second-order valence-electron chi connectivity index (χ2n) is 7.99. The minimum atomic E-state index is -0.0991. The number of rotatable bonds is 8. The van der Waals surface area contributed by atoms with Crippen LogP contribution in [0.1, 0.15) is 23.1 Å². The summed E-state index contributed by atoms with van der Waals surface area (Å²) in [6.07, 6.45) is 2.06. The highest BCUT2D eigenvalue weighted by atomic mass is 16.5. The average Bonchev–Trinajstić information content (AvgIpc) is 3.20. The highest BCUT2D eigenvalue weighted by Gasteiger charge is 2.17. The van der Waals surface area contributed by atoms with E-state index >= 15 is 0 Å². The van der Waals surface area contributed by atoms with Gasteiger partial charge in [0.25, 0.3) is 0 Å². The number of anilines is 1. The fourth-order valence-corrected chi connectivity index (χ4v) is 4.23. The molecule has 2 aromatic rings. The first-order valence-electron chi connectivity index (χ1n) is 11.0. The molecule has 0 unspecified atom stereocenters. The first-order chi connectivity index (χ1) is 14.8. The number of morpholine rings is 1. The molecule has 0 radical (unpaired) electrons. The Morgan fingerprint density at radius 3 is 2.57 bits per heavy atom. The minimum Gasteiger partial charge on any atom is -0.379 e. The maximum atomic E-state index is 12.2. The van der Waals surface area contributed by atoms with Gasteiger partial charge in [-0.3, -0.25) is 4.90 Å². The molecule has 1 saturated heterocycles. The van der Waals surface area contributed by atoms with Crippen molar-refractivity contribution in [2.75, 3.05) is 50.8 Å². The SMILES string of the molecule is O=C(NCCCN1CCc2ccccc21)NCc1ccccc1CN1CCOCC1. The van der Waals surface area contributed by atoms with Gasteiger partial charge in [0.15, 0.2) is 0 Å². The van der Waals surface area contributed by atoms with Crippen molar-refractivity contribution in [3.63, 3.8) is 0 Å². The molecule has 1 fully saturated rings. The number of hydrogen-bond donors (Lipinski definition) is 2. The Kier molecular flexibility index (Phi) is 7.21. The number of fused-ring (bicyclic) bond motifs is 1. The summed E-state index contributed by atoms with van der Waals surface area (Å²) in [7, 11) is 0. The van der Waals surface area contributed by atoms with Crippen LogP contribution in [-0.4, -0.2) is 56.9 Å². The monoisotopic (exact) mass is 408 g/mol. The van der Waals surface area contributed by atoms with Crippen molar-refractivity contribution in [1.29, 1.82) is 0 Å². The lowest BCUT2D eigenvalue weighted by Crippen LogP contribution is -2.38.